The number of benzene rings is 2. The third-order valence-corrected chi connectivity index (χ3v) is 4.42. The monoisotopic (exact) mass is 416 g/mol. The number of carbonyl (C=O) groups is 1. The number of esters is 1. The van der Waals surface area contributed by atoms with Gasteiger partial charge >= 0.3 is 5.97 Å². The summed E-state index contributed by atoms with van der Waals surface area (Å²) in [7, 11) is 1.34. The molecule has 28 heavy (non-hydrogen) atoms. The summed E-state index contributed by atoms with van der Waals surface area (Å²) in [5.74, 6) is 0.415. The van der Waals surface area contributed by atoms with E-state index in [2.05, 4.69) is 20.8 Å². The predicted octanol–water partition coefficient (Wildman–Crippen LogP) is 3.97. The van der Waals surface area contributed by atoms with Crippen LogP contribution in [0.4, 0.5) is 5.69 Å². The number of nitrogens with zero attached hydrogens (tertiary/aromatic N) is 2. The fraction of sp³-hybridized carbons (Fsp3) is 0.158. The number of rotatable bonds is 5. The van der Waals surface area contributed by atoms with Crippen LogP contribution in [-0.2, 0) is 11.3 Å². The first-order chi connectivity index (χ1) is 13.5. The normalized spacial score (nSPS) is 10.4. The largest absolute Gasteiger partial charge is 0.465 e. The Morgan fingerprint density at radius 3 is 2.82 bits per heavy atom. The van der Waals surface area contributed by atoms with Gasteiger partial charge in [-0.1, -0.05) is 35.0 Å². The second-order valence-electron chi connectivity index (χ2n) is 5.80. The van der Waals surface area contributed by atoms with Gasteiger partial charge in [0.05, 0.1) is 19.2 Å². The van der Waals surface area contributed by atoms with Crippen molar-refractivity contribution in [2.75, 3.05) is 12.4 Å². The number of nitrogens with one attached hydrogen (secondary N) is 2. The van der Waals surface area contributed by atoms with Gasteiger partial charge in [-0.05, 0) is 49.0 Å². The molecule has 0 aliphatic heterocycles. The maximum atomic E-state index is 11.8. The molecule has 0 fully saturated rings. The molecule has 0 atom stereocenters. The van der Waals surface area contributed by atoms with Gasteiger partial charge in [0.25, 0.3) is 0 Å². The van der Waals surface area contributed by atoms with Crippen molar-refractivity contribution in [2.24, 2.45) is 0 Å². The number of hydrogen-bond acceptors (Lipinski definition) is 6. The molecule has 0 saturated heterocycles. The Balaban J connectivity index is 1.62. The molecule has 0 aliphatic carbocycles. The van der Waals surface area contributed by atoms with E-state index in [1.807, 2.05) is 25.1 Å². The molecule has 3 aromatic rings. The van der Waals surface area contributed by atoms with E-state index in [0.29, 0.717) is 33.1 Å². The molecule has 1 heterocycles. The molecule has 2 aromatic carbocycles. The van der Waals surface area contributed by atoms with E-state index in [9.17, 15) is 4.79 Å². The number of aromatic nitrogens is 2. The van der Waals surface area contributed by atoms with E-state index in [1.54, 1.807) is 24.3 Å². The van der Waals surface area contributed by atoms with Crippen LogP contribution in [0.2, 0.25) is 5.02 Å². The molecule has 0 radical (unpaired) electrons. The van der Waals surface area contributed by atoms with Gasteiger partial charge in [-0.3, -0.25) is 0 Å². The molecule has 2 N–H and O–H groups in total. The van der Waals surface area contributed by atoms with Gasteiger partial charge in [-0.25, -0.2) is 4.79 Å². The molecule has 0 saturated carbocycles. The lowest BCUT2D eigenvalue weighted by Gasteiger charge is -2.13. The van der Waals surface area contributed by atoms with Crippen molar-refractivity contribution < 1.29 is 14.1 Å². The highest BCUT2D eigenvalue weighted by Gasteiger charge is 2.13. The van der Waals surface area contributed by atoms with Gasteiger partial charge in [0.1, 0.15) is 0 Å². The van der Waals surface area contributed by atoms with E-state index in [4.69, 9.17) is 33.1 Å². The Labute approximate surface area is 172 Å². The molecule has 144 valence electrons. The van der Waals surface area contributed by atoms with Crippen molar-refractivity contribution in [1.29, 1.82) is 0 Å². The molecule has 0 amide bonds. The Bertz CT molecular complexity index is 1020. The molecule has 0 spiro atoms. The van der Waals surface area contributed by atoms with Crippen LogP contribution in [0.3, 0.4) is 0 Å². The molecule has 9 heteroatoms. The number of halogens is 1. The minimum Gasteiger partial charge on any atom is -0.465 e. The van der Waals surface area contributed by atoms with Crippen molar-refractivity contribution in [3.8, 4) is 11.4 Å². The van der Waals surface area contributed by atoms with Gasteiger partial charge in [-0.15, -0.1) is 0 Å². The molecule has 7 nitrogen and oxygen atoms in total. The second-order valence-corrected chi connectivity index (χ2v) is 6.64. The summed E-state index contributed by atoms with van der Waals surface area (Å²) in [6.45, 7) is 2.06. The van der Waals surface area contributed by atoms with Crippen LogP contribution in [0.5, 0.6) is 0 Å². The zero-order valence-corrected chi connectivity index (χ0v) is 16.7. The lowest BCUT2D eigenvalue weighted by Crippen LogP contribution is -2.28. The lowest BCUT2D eigenvalue weighted by molar-refractivity contribution is 0.0600. The number of ether oxygens (including phenoxy) is 1. The van der Waals surface area contributed by atoms with Gasteiger partial charge in [0.15, 0.2) is 5.11 Å². The van der Waals surface area contributed by atoms with Crippen LogP contribution in [0.1, 0.15) is 21.8 Å². The Morgan fingerprint density at radius 1 is 1.29 bits per heavy atom. The first-order valence-electron chi connectivity index (χ1n) is 8.29. The van der Waals surface area contributed by atoms with Crippen molar-refractivity contribution in [2.45, 2.75) is 13.5 Å². The maximum Gasteiger partial charge on any atom is 0.338 e. The SMILES string of the molecule is COC(=O)c1cccc(NC(=S)NCc2nc(-c3cccc(Cl)c3)no2)c1C. The summed E-state index contributed by atoms with van der Waals surface area (Å²) in [6, 6.07) is 12.5. The van der Waals surface area contributed by atoms with Crippen molar-refractivity contribution >= 4 is 40.6 Å². The number of anilines is 1. The average molecular weight is 417 g/mol. The van der Waals surface area contributed by atoms with E-state index in [1.165, 1.54) is 7.11 Å². The summed E-state index contributed by atoms with van der Waals surface area (Å²) in [6.07, 6.45) is 0. The highest BCUT2D eigenvalue weighted by molar-refractivity contribution is 7.80. The van der Waals surface area contributed by atoms with Crippen molar-refractivity contribution in [1.82, 2.24) is 15.5 Å². The summed E-state index contributed by atoms with van der Waals surface area (Å²) in [4.78, 5) is 16.1. The minimum atomic E-state index is -0.403. The first kappa shape index (κ1) is 19.8. The van der Waals surface area contributed by atoms with E-state index < -0.39 is 5.97 Å². The molecule has 1 aromatic heterocycles. The number of carbonyl (C=O) groups excluding carboxylic acids is 1. The van der Waals surface area contributed by atoms with Crippen LogP contribution in [0.25, 0.3) is 11.4 Å². The molecule has 0 bridgehead atoms. The smallest absolute Gasteiger partial charge is 0.338 e. The molecular formula is C19H17ClN4O3S. The second kappa shape index (κ2) is 8.81. The molecule has 0 aliphatic rings. The number of hydrogen-bond donors (Lipinski definition) is 2. The quantitative estimate of drug-likeness (QED) is 0.477. The van der Waals surface area contributed by atoms with E-state index >= 15 is 0 Å². The summed E-state index contributed by atoms with van der Waals surface area (Å²) < 4.78 is 10.0. The highest BCUT2D eigenvalue weighted by Crippen LogP contribution is 2.21. The van der Waals surface area contributed by atoms with Crippen LogP contribution < -0.4 is 10.6 Å². The third kappa shape index (κ3) is 4.65. The van der Waals surface area contributed by atoms with Crippen molar-refractivity contribution in [3.05, 3.63) is 64.5 Å². The fourth-order valence-corrected chi connectivity index (χ4v) is 2.87. The first-order valence-corrected chi connectivity index (χ1v) is 9.08. The summed E-state index contributed by atoms with van der Waals surface area (Å²) in [5, 5.41) is 10.9. The minimum absolute atomic E-state index is 0.245. The van der Waals surface area contributed by atoms with Gasteiger partial charge in [0, 0.05) is 16.3 Å². The van der Waals surface area contributed by atoms with Crippen LogP contribution >= 0.6 is 23.8 Å². The maximum absolute atomic E-state index is 11.8. The Morgan fingerprint density at radius 2 is 2.07 bits per heavy atom. The standard InChI is InChI=1S/C19H17ClN4O3S/c1-11-14(18(25)26-2)7-4-8-15(11)22-19(28)21-10-16-23-17(24-27-16)12-5-3-6-13(20)9-12/h3-9H,10H2,1-2H3,(H2,21,22,28). The average Bonchev–Trinajstić information content (AvgIpc) is 3.16. The predicted molar refractivity (Wildman–Crippen MR) is 110 cm³/mol. The van der Waals surface area contributed by atoms with Gasteiger partial charge in [0.2, 0.25) is 11.7 Å². The van der Waals surface area contributed by atoms with Crippen LogP contribution in [-0.4, -0.2) is 28.3 Å². The summed E-state index contributed by atoms with van der Waals surface area (Å²) in [5.41, 5.74) is 2.67. The topological polar surface area (TPSA) is 89.3 Å². The Hall–Kier alpha value is -2.97. The number of thiocarbonyl (C=S) groups is 1. The molecule has 0 unspecified atom stereocenters. The fourth-order valence-electron chi connectivity index (χ4n) is 2.50. The third-order valence-electron chi connectivity index (χ3n) is 3.94. The van der Waals surface area contributed by atoms with Crippen LogP contribution in [0.15, 0.2) is 47.0 Å². The Kier molecular flexibility index (Phi) is 6.23. The summed E-state index contributed by atoms with van der Waals surface area (Å²) >= 11 is 11.3. The highest BCUT2D eigenvalue weighted by atomic mass is 35.5. The van der Waals surface area contributed by atoms with Crippen LogP contribution in [0, 0.1) is 6.92 Å². The molecular weight excluding hydrogens is 400 g/mol. The van der Waals surface area contributed by atoms with Gasteiger partial charge < -0.3 is 19.9 Å². The zero-order chi connectivity index (χ0) is 20.1. The molecule has 3 rings (SSSR count). The number of methoxy groups -OCH3 is 1. The van der Waals surface area contributed by atoms with Gasteiger partial charge in [-0.2, -0.15) is 4.98 Å². The van der Waals surface area contributed by atoms with E-state index in [-0.39, 0.29) is 6.54 Å². The lowest BCUT2D eigenvalue weighted by atomic mass is 10.1. The van der Waals surface area contributed by atoms with Crippen molar-refractivity contribution in [3.63, 3.8) is 0 Å². The zero-order valence-electron chi connectivity index (χ0n) is 15.2. The van der Waals surface area contributed by atoms with E-state index in [0.717, 1.165) is 11.1 Å².